The summed E-state index contributed by atoms with van der Waals surface area (Å²) in [6, 6.07) is 18.6. The first-order valence-corrected chi connectivity index (χ1v) is 12.7. The molecule has 7 nitrogen and oxygen atoms in total. The Morgan fingerprint density at radius 2 is 1.73 bits per heavy atom. The van der Waals surface area contributed by atoms with E-state index in [0.29, 0.717) is 29.6 Å². The molecule has 0 saturated carbocycles. The topological polar surface area (TPSA) is 71.5 Å². The summed E-state index contributed by atoms with van der Waals surface area (Å²) >= 11 is 0. The SMILES string of the molecule is Cc1cc(F)ccc1Nc1nc(Nc2ccccc2C)c2cccc(OCCCN3CCOCC3)c2n1. The molecule has 0 amide bonds. The van der Waals surface area contributed by atoms with Gasteiger partial charge < -0.3 is 20.1 Å². The minimum Gasteiger partial charge on any atom is -0.491 e. The molecule has 0 radical (unpaired) electrons. The highest BCUT2D eigenvalue weighted by Crippen LogP contribution is 2.33. The third-order valence-electron chi connectivity index (χ3n) is 6.50. The molecular weight excluding hydrogens is 469 g/mol. The summed E-state index contributed by atoms with van der Waals surface area (Å²) in [5, 5.41) is 7.60. The van der Waals surface area contributed by atoms with Crippen molar-refractivity contribution in [3.8, 4) is 5.75 Å². The van der Waals surface area contributed by atoms with Gasteiger partial charge in [-0.05, 0) is 67.8 Å². The maximum absolute atomic E-state index is 13.7. The first kappa shape index (κ1) is 24.9. The molecule has 1 fully saturated rings. The van der Waals surface area contributed by atoms with Crippen molar-refractivity contribution >= 4 is 34.0 Å². The molecule has 0 unspecified atom stereocenters. The molecule has 1 aromatic heterocycles. The Bertz CT molecular complexity index is 1370. The Morgan fingerprint density at radius 1 is 0.919 bits per heavy atom. The van der Waals surface area contributed by atoms with Crippen LogP contribution < -0.4 is 15.4 Å². The summed E-state index contributed by atoms with van der Waals surface area (Å²) in [5.74, 6) is 1.49. The number of aryl methyl sites for hydroxylation is 2. The Balaban J connectivity index is 1.44. The normalized spacial score (nSPS) is 14.0. The molecule has 0 aliphatic carbocycles. The largest absolute Gasteiger partial charge is 0.491 e. The van der Waals surface area contributed by atoms with Gasteiger partial charge in [0.25, 0.3) is 0 Å². The predicted octanol–water partition coefficient (Wildman–Crippen LogP) is 5.97. The van der Waals surface area contributed by atoms with Gasteiger partial charge in [-0.25, -0.2) is 9.37 Å². The predicted molar refractivity (Wildman–Crippen MR) is 146 cm³/mol. The summed E-state index contributed by atoms with van der Waals surface area (Å²) < 4.78 is 25.3. The average Bonchev–Trinajstić information content (AvgIpc) is 2.90. The van der Waals surface area contributed by atoms with Crippen LogP contribution in [0.25, 0.3) is 10.9 Å². The van der Waals surface area contributed by atoms with Crippen molar-refractivity contribution in [3.05, 3.63) is 77.6 Å². The van der Waals surface area contributed by atoms with Gasteiger partial charge in [-0.3, -0.25) is 4.90 Å². The number of ether oxygens (including phenoxy) is 2. The van der Waals surface area contributed by atoms with Crippen LogP contribution in [0, 0.1) is 19.7 Å². The van der Waals surface area contributed by atoms with E-state index in [4.69, 9.17) is 19.4 Å². The van der Waals surface area contributed by atoms with E-state index in [1.165, 1.54) is 12.1 Å². The van der Waals surface area contributed by atoms with Crippen LogP contribution in [0.3, 0.4) is 0 Å². The summed E-state index contributed by atoms with van der Waals surface area (Å²) in [7, 11) is 0. The van der Waals surface area contributed by atoms with E-state index < -0.39 is 0 Å². The van der Waals surface area contributed by atoms with E-state index in [-0.39, 0.29) is 5.82 Å². The minimum absolute atomic E-state index is 0.280. The summed E-state index contributed by atoms with van der Waals surface area (Å²) in [6.07, 6.45) is 0.912. The monoisotopic (exact) mass is 501 g/mol. The molecule has 2 N–H and O–H groups in total. The van der Waals surface area contributed by atoms with Gasteiger partial charge in [-0.1, -0.05) is 24.3 Å². The molecule has 8 heteroatoms. The highest BCUT2D eigenvalue weighted by atomic mass is 19.1. The third-order valence-corrected chi connectivity index (χ3v) is 6.50. The fraction of sp³-hybridized carbons (Fsp3) is 0.310. The Kier molecular flexibility index (Phi) is 7.77. The lowest BCUT2D eigenvalue weighted by Crippen LogP contribution is -2.37. The molecule has 192 valence electrons. The number of halogens is 1. The van der Waals surface area contributed by atoms with Crippen molar-refractivity contribution in [2.45, 2.75) is 20.3 Å². The molecule has 5 rings (SSSR count). The van der Waals surface area contributed by atoms with Crippen LogP contribution >= 0.6 is 0 Å². The average molecular weight is 502 g/mol. The number of hydrogen-bond donors (Lipinski definition) is 2. The van der Waals surface area contributed by atoms with E-state index in [1.54, 1.807) is 6.07 Å². The first-order valence-electron chi connectivity index (χ1n) is 12.7. The molecule has 1 aliphatic heterocycles. The highest BCUT2D eigenvalue weighted by molar-refractivity contribution is 5.95. The summed E-state index contributed by atoms with van der Waals surface area (Å²) in [6.45, 7) is 8.97. The zero-order chi connectivity index (χ0) is 25.6. The van der Waals surface area contributed by atoms with Crippen LogP contribution in [0.4, 0.5) is 27.5 Å². The number of nitrogens with zero attached hydrogens (tertiary/aromatic N) is 3. The zero-order valence-electron chi connectivity index (χ0n) is 21.3. The number of nitrogens with one attached hydrogen (secondary N) is 2. The second-order valence-corrected chi connectivity index (χ2v) is 9.23. The smallest absolute Gasteiger partial charge is 0.229 e. The van der Waals surface area contributed by atoms with Crippen LogP contribution in [0.1, 0.15) is 17.5 Å². The van der Waals surface area contributed by atoms with Crippen LogP contribution in [-0.4, -0.2) is 54.3 Å². The molecule has 3 aromatic carbocycles. The molecule has 0 spiro atoms. The van der Waals surface area contributed by atoms with E-state index in [0.717, 1.165) is 67.2 Å². The zero-order valence-corrected chi connectivity index (χ0v) is 21.3. The molecule has 37 heavy (non-hydrogen) atoms. The lowest BCUT2D eigenvalue weighted by molar-refractivity contribution is 0.0358. The van der Waals surface area contributed by atoms with Gasteiger partial charge in [0.1, 0.15) is 22.9 Å². The summed E-state index contributed by atoms with van der Waals surface area (Å²) in [4.78, 5) is 12.0. The van der Waals surface area contributed by atoms with Gasteiger partial charge in [0.2, 0.25) is 5.95 Å². The number of rotatable bonds is 9. The van der Waals surface area contributed by atoms with E-state index in [1.807, 2.05) is 43.3 Å². The van der Waals surface area contributed by atoms with Gasteiger partial charge in [0, 0.05) is 36.4 Å². The van der Waals surface area contributed by atoms with Crippen LogP contribution in [0.5, 0.6) is 5.75 Å². The van der Waals surface area contributed by atoms with Crippen LogP contribution in [0.2, 0.25) is 0 Å². The van der Waals surface area contributed by atoms with Gasteiger partial charge >= 0.3 is 0 Å². The highest BCUT2D eigenvalue weighted by Gasteiger charge is 2.15. The lowest BCUT2D eigenvalue weighted by atomic mass is 10.1. The first-order chi connectivity index (χ1) is 18.1. The molecule has 0 atom stereocenters. The number of hydrogen-bond acceptors (Lipinski definition) is 7. The Morgan fingerprint density at radius 3 is 2.54 bits per heavy atom. The quantitative estimate of drug-likeness (QED) is 0.274. The van der Waals surface area contributed by atoms with Gasteiger partial charge in [0.15, 0.2) is 0 Å². The lowest BCUT2D eigenvalue weighted by Gasteiger charge is -2.26. The molecule has 1 saturated heterocycles. The van der Waals surface area contributed by atoms with Gasteiger partial charge in [0.05, 0.1) is 19.8 Å². The second kappa shape index (κ2) is 11.5. The van der Waals surface area contributed by atoms with E-state index in [2.05, 4.69) is 28.5 Å². The minimum atomic E-state index is -0.280. The molecule has 0 bridgehead atoms. The fourth-order valence-electron chi connectivity index (χ4n) is 4.42. The Hall–Kier alpha value is -3.75. The molecule has 2 heterocycles. The second-order valence-electron chi connectivity index (χ2n) is 9.23. The number of para-hydroxylation sites is 2. The van der Waals surface area contributed by atoms with E-state index >= 15 is 0 Å². The molecule has 4 aromatic rings. The van der Waals surface area contributed by atoms with Crippen molar-refractivity contribution in [1.29, 1.82) is 0 Å². The molecular formula is C29H32FN5O2. The maximum atomic E-state index is 13.7. The Labute approximate surface area is 216 Å². The number of benzene rings is 3. The maximum Gasteiger partial charge on any atom is 0.229 e. The van der Waals surface area contributed by atoms with Crippen LogP contribution in [0.15, 0.2) is 60.7 Å². The number of anilines is 4. The number of aromatic nitrogens is 2. The molecule has 1 aliphatic rings. The van der Waals surface area contributed by atoms with Crippen molar-refractivity contribution in [1.82, 2.24) is 14.9 Å². The summed E-state index contributed by atoms with van der Waals surface area (Å²) in [5.41, 5.74) is 4.29. The van der Waals surface area contributed by atoms with Crippen molar-refractivity contribution in [2.24, 2.45) is 0 Å². The number of fused-ring (bicyclic) bond motifs is 1. The standard InChI is InChI=1S/C29H32FN5O2/c1-20-7-3-4-9-24(20)31-28-23-8-5-10-26(37-16-6-13-35-14-17-36-18-15-35)27(23)33-29(34-28)32-25-12-11-22(30)19-21(25)2/h3-5,7-12,19H,6,13-18H2,1-2H3,(H2,31,32,33,34). The number of morpholine rings is 1. The van der Waals surface area contributed by atoms with E-state index in [9.17, 15) is 4.39 Å². The van der Waals surface area contributed by atoms with Gasteiger partial charge in [-0.15, -0.1) is 0 Å². The van der Waals surface area contributed by atoms with Crippen molar-refractivity contribution in [2.75, 3.05) is 50.1 Å². The van der Waals surface area contributed by atoms with Gasteiger partial charge in [-0.2, -0.15) is 4.98 Å². The van der Waals surface area contributed by atoms with Crippen molar-refractivity contribution < 1.29 is 13.9 Å². The third kappa shape index (κ3) is 6.15. The van der Waals surface area contributed by atoms with Crippen molar-refractivity contribution in [3.63, 3.8) is 0 Å². The van der Waals surface area contributed by atoms with Crippen LogP contribution in [-0.2, 0) is 4.74 Å². The fourth-order valence-corrected chi connectivity index (χ4v) is 4.42.